The fourth-order valence-corrected chi connectivity index (χ4v) is 4.00. The van der Waals surface area contributed by atoms with Crippen molar-refractivity contribution < 1.29 is 14.3 Å². The van der Waals surface area contributed by atoms with Crippen LogP contribution >= 0.6 is 0 Å². The Morgan fingerprint density at radius 2 is 1.81 bits per heavy atom. The number of nitrogens with one attached hydrogen (secondary N) is 1. The highest BCUT2D eigenvalue weighted by Gasteiger charge is 2.20. The fraction of sp³-hybridized carbons (Fsp3) is 0.500. The molecule has 0 aromatic heterocycles. The molecule has 1 aliphatic rings. The molecule has 31 heavy (non-hydrogen) atoms. The second-order valence-corrected chi connectivity index (χ2v) is 8.32. The third-order valence-corrected chi connectivity index (χ3v) is 5.84. The molecule has 0 aliphatic heterocycles. The number of ether oxygens (including phenoxy) is 2. The van der Waals surface area contributed by atoms with Crippen LogP contribution in [0.2, 0.25) is 0 Å². The van der Waals surface area contributed by atoms with E-state index in [9.17, 15) is 4.79 Å². The summed E-state index contributed by atoms with van der Waals surface area (Å²) in [7, 11) is 1.65. The van der Waals surface area contributed by atoms with E-state index >= 15 is 0 Å². The van der Waals surface area contributed by atoms with Gasteiger partial charge in [0.05, 0.1) is 7.11 Å². The van der Waals surface area contributed by atoms with Crippen LogP contribution < -0.4 is 14.8 Å². The number of rotatable bonds is 10. The lowest BCUT2D eigenvalue weighted by Crippen LogP contribution is -2.45. The molecule has 0 bridgehead atoms. The van der Waals surface area contributed by atoms with E-state index in [0.29, 0.717) is 30.7 Å². The van der Waals surface area contributed by atoms with Crippen molar-refractivity contribution in [3.8, 4) is 11.5 Å². The number of carbonyl (C=O) groups is 1. The van der Waals surface area contributed by atoms with Crippen LogP contribution in [0.4, 0.5) is 4.79 Å². The second kappa shape index (κ2) is 12.2. The molecular weight excluding hydrogens is 388 g/mol. The summed E-state index contributed by atoms with van der Waals surface area (Å²) in [5.41, 5.74) is 2.15. The van der Waals surface area contributed by atoms with E-state index in [-0.39, 0.29) is 6.03 Å². The predicted octanol–water partition coefficient (Wildman–Crippen LogP) is 5.92. The minimum Gasteiger partial charge on any atom is -0.493 e. The highest BCUT2D eigenvalue weighted by atomic mass is 16.5. The molecule has 0 heterocycles. The van der Waals surface area contributed by atoms with Crippen molar-refractivity contribution in [1.82, 2.24) is 10.2 Å². The number of hydrogen-bond acceptors (Lipinski definition) is 3. The maximum atomic E-state index is 13.0. The largest absolute Gasteiger partial charge is 0.493 e. The van der Waals surface area contributed by atoms with Gasteiger partial charge in [0, 0.05) is 19.1 Å². The van der Waals surface area contributed by atoms with Gasteiger partial charge in [-0.1, -0.05) is 69.0 Å². The van der Waals surface area contributed by atoms with E-state index in [1.807, 2.05) is 53.4 Å². The molecule has 5 heteroatoms. The summed E-state index contributed by atoms with van der Waals surface area (Å²) in [6, 6.07) is 16.4. The Hall–Kier alpha value is -2.69. The van der Waals surface area contributed by atoms with Crippen LogP contribution in [-0.4, -0.2) is 30.6 Å². The lowest BCUT2D eigenvalue weighted by atomic mass is 9.96. The SMILES string of the molecule is CCCCN(Cc1ccc(OCc2ccccc2)c(OC)c1)C(=O)NC1CCCCC1. The third kappa shape index (κ3) is 7.20. The summed E-state index contributed by atoms with van der Waals surface area (Å²) in [6.07, 6.45) is 7.94. The highest BCUT2D eigenvalue weighted by Crippen LogP contribution is 2.29. The highest BCUT2D eigenvalue weighted by molar-refractivity contribution is 5.74. The molecule has 2 amide bonds. The van der Waals surface area contributed by atoms with Gasteiger partial charge >= 0.3 is 6.03 Å². The quantitative estimate of drug-likeness (QED) is 0.515. The van der Waals surface area contributed by atoms with Crippen molar-refractivity contribution in [1.29, 1.82) is 0 Å². The van der Waals surface area contributed by atoms with Gasteiger partial charge in [0.15, 0.2) is 11.5 Å². The lowest BCUT2D eigenvalue weighted by Gasteiger charge is -2.28. The Morgan fingerprint density at radius 1 is 1.03 bits per heavy atom. The molecule has 0 radical (unpaired) electrons. The zero-order chi connectivity index (χ0) is 21.9. The van der Waals surface area contributed by atoms with Gasteiger partial charge < -0.3 is 19.7 Å². The van der Waals surface area contributed by atoms with E-state index in [0.717, 1.165) is 43.4 Å². The van der Waals surface area contributed by atoms with Crippen molar-refractivity contribution >= 4 is 6.03 Å². The van der Waals surface area contributed by atoms with Gasteiger partial charge in [0.1, 0.15) is 6.61 Å². The molecular formula is C26H36N2O3. The van der Waals surface area contributed by atoms with Crippen LogP contribution in [0.15, 0.2) is 48.5 Å². The molecule has 3 rings (SSSR count). The van der Waals surface area contributed by atoms with E-state index < -0.39 is 0 Å². The molecule has 1 saturated carbocycles. The number of benzene rings is 2. The normalized spacial score (nSPS) is 14.1. The molecule has 1 aliphatic carbocycles. The smallest absolute Gasteiger partial charge is 0.317 e. The Bertz CT molecular complexity index is 804. The number of methoxy groups -OCH3 is 1. The van der Waals surface area contributed by atoms with Crippen molar-refractivity contribution in [3.05, 3.63) is 59.7 Å². The van der Waals surface area contributed by atoms with Crippen molar-refractivity contribution in [2.24, 2.45) is 0 Å². The van der Waals surface area contributed by atoms with Crippen molar-refractivity contribution in [2.45, 2.75) is 71.1 Å². The Labute approximate surface area is 186 Å². The van der Waals surface area contributed by atoms with Crippen LogP contribution in [0.25, 0.3) is 0 Å². The number of amides is 2. The van der Waals surface area contributed by atoms with Gasteiger partial charge in [-0.15, -0.1) is 0 Å². The fourth-order valence-electron chi connectivity index (χ4n) is 4.00. The first-order valence-electron chi connectivity index (χ1n) is 11.6. The number of hydrogen-bond donors (Lipinski definition) is 1. The van der Waals surface area contributed by atoms with Crippen molar-refractivity contribution in [2.75, 3.05) is 13.7 Å². The van der Waals surface area contributed by atoms with Crippen LogP contribution in [0.1, 0.15) is 63.0 Å². The number of unbranched alkanes of at least 4 members (excludes halogenated alkanes) is 1. The van der Waals surface area contributed by atoms with Gasteiger partial charge in [-0.2, -0.15) is 0 Å². The van der Waals surface area contributed by atoms with Gasteiger partial charge in [-0.25, -0.2) is 4.79 Å². The number of carbonyl (C=O) groups excluding carboxylic acids is 1. The molecule has 0 unspecified atom stereocenters. The molecule has 1 N–H and O–H groups in total. The first kappa shape index (κ1) is 23.0. The zero-order valence-corrected chi connectivity index (χ0v) is 18.9. The lowest BCUT2D eigenvalue weighted by molar-refractivity contribution is 0.186. The molecule has 5 nitrogen and oxygen atoms in total. The summed E-state index contributed by atoms with van der Waals surface area (Å²) < 4.78 is 11.5. The molecule has 1 fully saturated rings. The topological polar surface area (TPSA) is 50.8 Å². The minimum absolute atomic E-state index is 0.0451. The summed E-state index contributed by atoms with van der Waals surface area (Å²) in [6.45, 7) is 3.96. The molecule has 0 atom stereocenters. The number of nitrogens with zero attached hydrogens (tertiary/aromatic N) is 1. The minimum atomic E-state index is 0.0451. The summed E-state index contributed by atoms with van der Waals surface area (Å²) in [5.74, 6) is 1.40. The van der Waals surface area contributed by atoms with Crippen LogP contribution in [0.5, 0.6) is 11.5 Å². The van der Waals surface area contributed by atoms with E-state index in [1.54, 1.807) is 7.11 Å². The van der Waals surface area contributed by atoms with Crippen LogP contribution in [-0.2, 0) is 13.2 Å². The van der Waals surface area contributed by atoms with E-state index in [4.69, 9.17) is 9.47 Å². The number of urea groups is 1. The van der Waals surface area contributed by atoms with Gasteiger partial charge in [-0.05, 0) is 42.5 Å². The first-order valence-corrected chi connectivity index (χ1v) is 11.6. The summed E-state index contributed by atoms with van der Waals surface area (Å²) in [4.78, 5) is 14.9. The molecule has 168 valence electrons. The standard InChI is InChI=1S/C26H36N2O3/c1-3-4-17-28(26(29)27-23-13-9-6-10-14-23)19-22-15-16-24(25(18-22)30-2)31-20-21-11-7-5-8-12-21/h5,7-8,11-12,15-16,18,23H,3-4,6,9-10,13-14,17,19-20H2,1-2H3,(H,27,29). The Kier molecular flexibility index (Phi) is 9.07. The average Bonchev–Trinajstić information content (AvgIpc) is 2.82. The summed E-state index contributed by atoms with van der Waals surface area (Å²) >= 11 is 0. The molecule has 2 aromatic rings. The first-order chi connectivity index (χ1) is 15.2. The van der Waals surface area contributed by atoms with Gasteiger partial charge in [0.2, 0.25) is 0 Å². The van der Waals surface area contributed by atoms with Crippen LogP contribution in [0.3, 0.4) is 0 Å². The Balaban J connectivity index is 1.64. The second-order valence-electron chi connectivity index (χ2n) is 8.32. The average molecular weight is 425 g/mol. The van der Waals surface area contributed by atoms with Crippen molar-refractivity contribution in [3.63, 3.8) is 0 Å². The monoisotopic (exact) mass is 424 g/mol. The van der Waals surface area contributed by atoms with E-state index in [2.05, 4.69) is 12.2 Å². The predicted molar refractivity (Wildman–Crippen MR) is 124 cm³/mol. The van der Waals surface area contributed by atoms with Gasteiger partial charge in [-0.3, -0.25) is 0 Å². The summed E-state index contributed by atoms with van der Waals surface area (Å²) in [5, 5.41) is 3.26. The maximum Gasteiger partial charge on any atom is 0.317 e. The van der Waals surface area contributed by atoms with Crippen LogP contribution in [0, 0.1) is 0 Å². The molecule has 2 aromatic carbocycles. The van der Waals surface area contributed by atoms with E-state index in [1.165, 1.54) is 19.3 Å². The Morgan fingerprint density at radius 3 is 2.52 bits per heavy atom. The van der Waals surface area contributed by atoms with Gasteiger partial charge in [0.25, 0.3) is 0 Å². The maximum absolute atomic E-state index is 13.0. The third-order valence-electron chi connectivity index (χ3n) is 5.84. The molecule has 0 saturated heterocycles. The molecule has 0 spiro atoms. The zero-order valence-electron chi connectivity index (χ0n) is 18.9.